The molecule has 0 aromatic rings. The van der Waals surface area contributed by atoms with Gasteiger partial charge in [0.1, 0.15) is 0 Å². The van der Waals surface area contributed by atoms with Crippen molar-refractivity contribution in [2.75, 3.05) is 27.2 Å². The van der Waals surface area contributed by atoms with E-state index in [0.717, 1.165) is 13.0 Å². The number of hydrogen-bond acceptors (Lipinski definition) is 2. The molecule has 51 valence electrons. The summed E-state index contributed by atoms with van der Waals surface area (Å²) >= 11 is 0. The Balaban J connectivity index is 0. The SMILES string of the molecule is CN(C)CCCO.[Re]. The van der Waals surface area contributed by atoms with Crippen LogP contribution in [0.3, 0.4) is 0 Å². The fourth-order valence-electron chi connectivity index (χ4n) is 0.387. The van der Waals surface area contributed by atoms with Crippen molar-refractivity contribution in [1.29, 1.82) is 0 Å². The summed E-state index contributed by atoms with van der Waals surface area (Å²) in [7, 11) is 3.99. The van der Waals surface area contributed by atoms with Gasteiger partial charge in [-0.2, -0.15) is 0 Å². The zero-order valence-corrected chi connectivity index (χ0v) is 8.11. The van der Waals surface area contributed by atoms with Gasteiger partial charge in [-0.05, 0) is 27.1 Å². The van der Waals surface area contributed by atoms with E-state index in [-0.39, 0.29) is 20.4 Å². The van der Waals surface area contributed by atoms with Gasteiger partial charge in [-0.3, -0.25) is 0 Å². The third-order valence-electron chi connectivity index (χ3n) is 0.763. The summed E-state index contributed by atoms with van der Waals surface area (Å²) in [5.41, 5.74) is 0. The quantitative estimate of drug-likeness (QED) is 0.786. The van der Waals surface area contributed by atoms with Crippen LogP contribution in [0.2, 0.25) is 0 Å². The van der Waals surface area contributed by atoms with Crippen LogP contribution in [0.15, 0.2) is 0 Å². The van der Waals surface area contributed by atoms with Crippen LogP contribution in [0, 0.1) is 0 Å². The summed E-state index contributed by atoms with van der Waals surface area (Å²) in [6.07, 6.45) is 0.882. The molecular formula is C5H13NORe. The molecule has 0 aromatic carbocycles. The van der Waals surface area contributed by atoms with Crippen LogP contribution in [-0.2, 0) is 20.4 Å². The maximum Gasteiger partial charge on any atom is 0.0443 e. The number of nitrogens with zero attached hydrogens (tertiary/aromatic N) is 1. The summed E-state index contributed by atoms with van der Waals surface area (Å²) in [5, 5.41) is 8.29. The number of aliphatic hydroxyl groups is 1. The molecule has 0 spiro atoms. The van der Waals surface area contributed by atoms with E-state index in [1.807, 2.05) is 14.1 Å². The Morgan fingerprint density at radius 2 is 1.88 bits per heavy atom. The van der Waals surface area contributed by atoms with Crippen LogP contribution in [0.1, 0.15) is 6.42 Å². The normalized spacial score (nSPS) is 9.00. The first-order valence-corrected chi connectivity index (χ1v) is 2.53. The monoisotopic (exact) mass is 290 g/mol. The second-order valence-electron chi connectivity index (χ2n) is 1.88. The minimum Gasteiger partial charge on any atom is -0.396 e. The largest absolute Gasteiger partial charge is 0.396 e. The van der Waals surface area contributed by atoms with E-state index < -0.39 is 0 Å². The molecule has 2 nitrogen and oxygen atoms in total. The van der Waals surface area contributed by atoms with Crippen molar-refractivity contribution < 1.29 is 25.5 Å². The molecule has 0 amide bonds. The molecule has 0 aliphatic rings. The fraction of sp³-hybridized carbons (Fsp3) is 1.00. The predicted molar refractivity (Wildman–Crippen MR) is 30.3 cm³/mol. The van der Waals surface area contributed by atoms with Gasteiger partial charge in [-0.15, -0.1) is 0 Å². The van der Waals surface area contributed by atoms with E-state index in [4.69, 9.17) is 5.11 Å². The Bertz CT molecular complexity index is 41.4. The molecule has 1 N–H and O–H groups in total. The molecule has 1 radical (unpaired) electrons. The van der Waals surface area contributed by atoms with E-state index in [2.05, 4.69) is 4.90 Å². The van der Waals surface area contributed by atoms with E-state index in [1.165, 1.54) is 0 Å². The Morgan fingerprint density at radius 1 is 1.38 bits per heavy atom. The Hall–Kier alpha value is 0.582. The van der Waals surface area contributed by atoms with Crippen molar-refractivity contribution in [3.05, 3.63) is 0 Å². The van der Waals surface area contributed by atoms with Crippen LogP contribution >= 0.6 is 0 Å². The summed E-state index contributed by atoms with van der Waals surface area (Å²) < 4.78 is 0. The topological polar surface area (TPSA) is 23.5 Å². The molecule has 8 heavy (non-hydrogen) atoms. The molecule has 0 unspecified atom stereocenters. The molecule has 0 aromatic heterocycles. The van der Waals surface area contributed by atoms with E-state index in [9.17, 15) is 0 Å². The zero-order chi connectivity index (χ0) is 5.70. The maximum atomic E-state index is 8.29. The molecule has 0 fully saturated rings. The average molecular weight is 289 g/mol. The summed E-state index contributed by atoms with van der Waals surface area (Å²) in [6.45, 7) is 1.29. The molecule has 0 saturated carbocycles. The first-order valence-electron chi connectivity index (χ1n) is 2.53. The van der Waals surface area contributed by atoms with E-state index in [0.29, 0.717) is 6.61 Å². The molecule has 0 saturated heterocycles. The predicted octanol–water partition coefficient (Wildman–Crippen LogP) is -0.0721. The van der Waals surface area contributed by atoms with Gasteiger partial charge in [0, 0.05) is 27.0 Å². The summed E-state index contributed by atoms with van der Waals surface area (Å²) in [5.74, 6) is 0. The van der Waals surface area contributed by atoms with E-state index >= 15 is 0 Å². The van der Waals surface area contributed by atoms with Gasteiger partial charge in [0.25, 0.3) is 0 Å². The van der Waals surface area contributed by atoms with Crippen LogP contribution < -0.4 is 0 Å². The van der Waals surface area contributed by atoms with Gasteiger partial charge < -0.3 is 10.0 Å². The van der Waals surface area contributed by atoms with Crippen LogP contribution in [-0.4, -0.2) is 37.3 Å². The summed E-state index contributed by atoms with van der Waals surface area (Å²) in [6, 6.07) is 0. The molecule has 0 rings (SSSR count). The van der Waals surface area contributed by atoms with Crippen molar-refractivity contribution >= 4 is 0 Å². The fourth-order valence-corrected chi connectivity index (χ4v) is 0.387. The van der Waals surface area contributed by atoms with Crippen LogP contribution in [0.4, 0.5) is 0 Å². The standard InChI is InChI=1S/C5H13NO.Re/c1-6(2)4-3-5-7;/h7H,3-5H2,1-2H3;. The van der Waals surface area contributed by atoms with Gasteiger partial charge in [-0.1, -0.05) is 0 Å². The van der Waals surface area contributed by atoms with Gasteiger partial charge in [0.2, 0.25) is 0 Å². The average Bonchev–Trinajstić information content (AvgIpc) is 1.61. The minimum absolute atomic E-state index is 0. The number of aliphatic hydroxyl groups excluding tert-OH is 1. The van der Waals surface area contributed by atoms with Crippen molar-refractivity contribution in [3.63, 3.8) is 0 Å². The van der Waals surface area contributed by atoms with Gasteiger partial charge in [0.15, 0.2) is 0 Å². The van der Waals surface area contributed by atoms with Crippen LogP contribution in [0.5, 0.6) is 0 Å². The second-order valence-corrected chi connectivity index (χ2v) is 1.88. The number of hydrogen-bond donors (Lipinski definition) is 1. The molecule has 0 atom stereocenters. The van der Waals surface area contributed by atoms with Crippen molar-refractivity contribution in [3.8, 4) is 0 Å². The Labute approximate surface area is 64.5 Å². The maximum absolute atomic E-state index is 8.29. The van der Waals surface area contributed by atoms with Gasteiger partial charge in [0.05, 0.1) is 0 Å². The smallest absolute Gasteiger partial charge is 0.0443 e. The first kappa shape index (κ1) is 11.4. The van der Waals surface area contributed by atoms with Gasteiger partial charge in [-0.25, -0.2) is 0 Å². The molecule has 0 aliphatic heterocycles. The number of rotatable bonds is 3. The third-order valence-corrected chi connectivity index (χ3v) is 0.763. The minimum atomic E-state index is 0. The third kappa shape index (κ3) is 9.77. The molecule has 0 bridgehead atoms. The zero-order valence-electron chi connectivity index (χ0n) is 5.39. The Kier molecular flexibility index (Phi) is 10.8. The van der Waals surface area contributed by atoms with Crippen molar-refractivity contribution in [1.82, 2.24) is 4.90 Å². The Morgan fingerprint density at radius 3 is 2.00 bits per heavy atom. The van der Waals surface area contributed by atoms with Crippen molar-refractivity contribution in [2.45, 2.75) is 6.42 Å². The summed E-state index contributed by atoms with van der Waals surface area (Å²) in [4.78, 5) is 2.05. The van der Waals surface area contributed by atoms with Crippen LogP contribution in [0.25, 0.3) is 0 Å². The first-order chi connectivity index (χ1) is 3.27. The van der Waals surface area contributed by atoms with Crippen molar-refractivity contribution in [2.24, 2.45) is 0 Å². The molecule has 0 heterocycles. The molecule has 3 heteroatoms. The second kappa shape index (κ2) is 7.58. The van der Waals surface area contributed by atoms with Gasteiger partial charge >= 0.3 is 0 Å². The molecular weight excluding hydrogens is 276 g/mol. The van der Waals surface area contributed by atoms with E-state index in [1.54, 1.807) is 0 Å². The molecule has 0 aliphatic carbocycles.